The van der Waals surface area contributed by atoms with Crippen molar-refractivity contribution in [3.63, 3.8) is 0 Å². The molecule has 3 amide bonds. The van der Waals surface area contributed by atoms with Gasteiger partial charge in [-0.15, -0.1) is 0 Å². The fourth-order valence-electron chi connectivity index (χ4n) is 4.37. The molecule has 2 aliphatic rings. The molecule has 2 heterocycles. The number of carbonyl (C=O) groups is 2. The second-order valence-electron chi connectivity index (χ2n) is 7.18. The van der Waals surface area contributed by atoms with Gasteiger partial charge in [0.05, 0.1) is 12.1 Å². The number of rotatable bonds is 2. The maximum Gasteiger partial charge on any atom is 0.325 e. The molecule has 0 spiro atoms. The predicted octanol–water partition coefficient (Wildman–Crippen LogP) is 2.82. The Morgan fingerprint density at radius 3 is 2.64 bits per heavy atom. The zero-order chi connectivity index (χ0) is 17.6. The van der Waals surface area contributed by atoms with E-state index in [0.717, 1.165) is 13.0 Å². The normalized spacial score (nSPS) is 26.7. The Balaban J connectivity index is 1.80. The molecule has 0 saturated carbocycles. The van der Waals surface area contributed by atoms with Gasteiger partial charge in [-0.1, -0.05) is 42.5 Å². The highest BCUT2D eigenvalue weighted by molar-refractivity contribution is 5.99. The summed E-state index contributed by atoms with van der Waals surface area (Å²) < 4.78 is 0. The minimum Gasteiger partial charge on any atom is -0.306 e. The van der Waals surface area contributed by atoms with Crippen LogP contribution in [0.2, 0.25) is 0 Å². The number of fused-ring (bicyclic) bond motifs is 2. The van der Waals surface area contributed by atoms with Gasteiger partial charge in [-0.3, -0.25) is 15.4 Å². The summed E-state index contributed by atoms with van der Waals surface area (Å²) >= 11 is 0. The molecule has 0 radical (unpaired) electrons. The second kappa shape index (κ2) is 6.15. The van der Waals surface area contributed by atoms with Gasteiger partial charge in [0.15, 0.2) is 0 Å². The Bertz CT molecular complexity index is 827. The third-order valence-corrected chi connectivity index (χ3v) is 5.43. The summed E-state index contributed by atoms with van der Waals surface area (Å²) in [5.41, 5.74) is 1.20. The molecule has 2 fully saturated rings. The molecule has 2 N–H and O–H groups in total. The molecule has 0 aliphatic carbocycles. The van der Waals surface area contributed by atoms with E-state index in [0.29, 0.717) is 0 Å². The van der Waals surface area contributed by atoms with Gasteiger partial charge in [-0.2, -0.15) is 0 Å². The monoisotopic (exact) mass is 337 g/mol. The van der Waals surface area contributed by atoms with Crippen molar-refractivity contribution in [3.8, 4) is 0 Å². The topological polar surface area (TPSA) is 61.4 Å². The average molecular weight is 337 g/mol. The molecule has 2 aromatic carbocycles. The number of carbonyl (C=O) groups excluding carboxylic acids is 2. The lowest BCUT2D eigenvalue weighted by molar-refractivity contribution is -0.131. The minimum atomic E-state index is -0.299. The largest absolute Gasteiger partial charge is 0.325 e. The van der Waals surface area contributed by atoms with E-state index in [-0.39, 0.29) is 36.0 Å². The smallest absolute Gasteiger partial charge is 0.306 e. The Kier molecular flexibility index (Phi) is 3.96. The molecular formula is C20H23N3O2. The third-order valence-electron chi connectivity index (χ3n) is 5.43. The lowest BCUT2D eigenvalue weighted by Gasteiger charge is -2.48. The van der Waals surface area contributed by atoms with Crippen LogP contribution in [-0.4, -0.2) is 35.6 Å². The number of piperidine rings is 1. The lowest BCUT2D eigenvalue weighted by atomic mass is 9.76. The molecule has 5 heteroatoms. The Hall–Kier alpha value is -2.40. The van der Waals surface area contributed by atoms with Crippen molar-refractivity contribution in [1.82, 2.24) is 15.5 Å². The van der Waals surface area contributed by atoms with Crippen molar-refractivity contribution in [1.29, 1.82) is 0 Å². The maximum absolute atomic E-state index is 12.7. The molecule has 25 heavy (non-hydrogen) atoms. The van der Waals surface area contributed by atoms with Gasteiger partial charge in [-0.05, 0) is 43.1 Å². The van der Waals surface area contributed by atoms with Crippen LogP contribution < -0.4 is 10.6 Å². The first kappa shape index (κ1) is 16.1. The number of imide groups is 1. The summed E-state index contributed by atoms with van der Waals surface area (Å²) in [6, 6.07) is 14.3. The first-order valence-electron chi connectivity index (χ1n) is 8.92. The number of hydrogen-bond acceptors (Lipinski definition) is 3. The van der Waals surface area contributed by atoms with Crippen LogP contribution >= 0.6 is 0 Å². The molecule has 2 aromatic rings. The van der Waals surface area contributed by atoms with Gasteiger partial charge in [0, 0.05) is 12.0 Å². The van der Waals surface area contributed by atoms with Crippen molar-refractivity contribution in [2.24, 2.45) is 5.92 Å². The summed E-state index contributed by atoms with van der Waals surface area (Å²) in [5, 5.41) is 8.35. The van der Waals surface area contributed by atoms with Crippen molar-refractivity contribution in [2.45, 2.75) is 38.4 Å². The van der Waals surface area contributed by atoms with Crippen molar-refractivity contribution in [2.75, 3.05) is 6.54 Å². The molecule has 3 unspecified atom stereocenters. The molecule has 2 aliphatic heterocycles. The van der Waals surface area contributed by atoms with E-state index >= 15 is 0 Å². The Morgan fingerprint density at radius 1 is 1.08 bits per heavy atom. The highest BCUT2D eigenvalue weighted by Crippen LogP contribution is 2.39. The van der Waals surface area contributed by atoms with E-state index in [2.05, 4.69) is 41.0 Å². The minimum absolute atomic E-state index is 0.0272. The van der Waals surface area contributed by atoms with Gasteiger partial charge >= 0.3 is 6.03 Å². The van der Waals surface area contributed by atoms with Crippen LogP contribution in [0.4, 0.5) is 4.79 Å². The summed E-state index contributed by atoms with van der Waals surface area (Å²) in [4.78, 5) is 26.8. The molecule has 130 valence electrons. The molecule has 5 nitrogen and oxygen atoms in total. The molecule has 4 rings (SSSR count). The number of benzene rings is 2. The zero-order valence-electron chi connectivity index (χ0n) is 14.5. The van der Waals surface area contributed by atoms with E-state index in [1.54, 1.807) is 4.90 Å². The first-order valence-corrected chi connectivity index (χ1v) is 8.92. The predicted molar refractivity (Wildman–Crippen MR) is 97.1 cm³/mol. The summed E-state index contributed by atoms with van der Waals surface area (Å²) in [6.07, 6.45) is 0.627. The number of hydrogen-bond donors (Lipinski definition) is 2. The van der Waals surface area contributed by atoms with Gasteiger partial charge in [0.1, 0.15) is 0 Å². The molecule has 2 saturated heterocycles. The molecule has 0 aromatic heterocycles. The van der Waals surface area contributed by atoms with E-state index in [1.807, 2.05) is 26.0 Å². The van der Waals surface area contributed by atoms with E-state index < -0.39 is 0 Å². The maximum atomic E-state index is 12.7. The van der Waals surface area contributed by atoms with E-state index in [1.165, 1.54) is 16.3 Å². The number of amides is 3. The van der Waals surface area contributed by atoms with Gasteiger partial charge in [-0.25, -0.2) is 4.79 Å². The number of urea groups is 1. The fourth-order valence-corrected chi connectivity index (χ4v) is 4.37. The molecule has 3 atom stereocenters. The summed E-state index contributed by atoms with van der Waals surface area (Å²) in [7, 11) is 0. The number of nitrogens with one attached hydrogen (secondary N) is 2. The van der Waals surface area contributed by atoms with Gasteiger partial charge < -0.3 is 4.90 Å². The average Bonchev–Trinajstić information content (AvgIpc) is 2.60. The fraction of sp³-hybridized carbons (Fsp3) is 0.400. The Morgan fingerprint density at radius 2 is 1.84 bits per heavy atom. The van der Waals surface area contributed by atoms with Crippen LogP contribution in [0, 0.1) is 5.92 Å². The van der Waals surface area contributed by atoms with Crippen molar-refractivity contribution >= 4 is 22.7 Å². The van der Waals surface area contributed by atoms with Crippen molar-refractivity contribution in [3.05, 3.63) is 48.0 Å². The molecular weight excluding hydrogens is 314 g/mol. The zero-order valence-corrected chi connectivity index (χ0v) is 14.5. The van der Waals surface area contributed by atoms with E-state index in [9.17, 15) is 9.59 Å². The van der Waals surface area contributed by atoms with E-state index in [4.69, 9.17) is 0 Å². The standard InChI is InChI=1S/C20H23N3O2/c1-12(2)23-18-17(19(24)22-20(23)25)16(10-11-21-18)15-9-5-7-13-6-3-4-8-14(13)15/h3-9,12,16-18,21H,10-11H2,1-2H3,(H,22,24,25). The lowest BCUT2D eigenvalue weighted by Crippen LogP contribution is -2.69. The quantitative estimate of drug-likeness (QED) is 0.886. The SMILES string of the molecule is CC(C)N1C(=O)NC(=O)C2C(c3cccc4ccccc34)CCNC21. The van der Waals surface area contributed by atoms with Crippen LogP contribution in [0.15, 0.2) is 42.5 Å². The second-order valence-corrected chi connectivity index (χ2v) is 7.18. The highest BCUT2D eigenvalue weighted by atomic mass is 16.2. The van der Waals surface area contributed by atoms with Crippen LogP contribution in [0.25, 0.3) is 10.8 Å². The first-order chi connectivity index (χ1) is 12.1. The van der Waals surface area contributed by atoms with Crippen LogP contribution in [-0.2, 0) is 4.79 Å². The third kappa shape index (κ3) is 2.59. The van der Waals surface area contributed by atoms with Gasteiger partial charge in [0.25, 0.3) is 0 Å². The number of nitrogens with zero attached hydrogens (tertiary/aromatic N) is 1. The molecule has 0 bridgehead atoms. The van der Waals surface area contributed by atoms with Crippen LogP contribution in [0.1, 0.15) is 31.7 Å². The van der Waals surface area contributed by atoms with Gasteiger partial charge in [0.2, 0.25) is 5.91 Å². The van der Waals surface area contributed by atoms with Crippen LogP contribution in [0.3, 0.4) is 0 Å². The van der Waals surface area contributed by atoms with Crippen LogP contribution in [0.5, 0.6) is 0 Å². The summed E-state index contributed by atoms with van der Waals surface area (Å²) in [5.74, 6) is -0.358. The summed E-state index contributed by atoms with van der Waals surface area (Å²) in [6.45, 7) is 4.75. The highest BCUT2D eigenvalue weighted by Gasteiger charge is 2.48. The Labute approximate surface area is 147 Å². The van der Waals surface area contributed by atoms with Crippen molar-refractivity contribution < 1.29 is 9.59 Å².